The first-order chi connectivity index (χ1) is 8.61. The van der Waals surface area contributed by atoms with Gasteiger partial charge in [-0.3, -0.25) is 9.25 Å². The highest BCUT2D eigenvalue weighted by Crippen LogP contribution is 2.37. The van der Waals surface area contributed by atoms with E-state index in [1.54, 1.807) is 0 Å². The van der Waals surface area contributed by atoms with E-state index in [1.807, 2.05) is 25.6 Å². The van der Waals surface area contributed by atoms with Crippen LogP contribution in [0.1, 0.15) is 31.5 Å². The van der Waals surface area contributed by atoms with Crippen molar-refractivity contribution in [1.82, 2.24) is 19.3 Å². The molecule has 0 aromatic carbocycles. The number of H-pyrrole nitrogens is 1. The van der Waals surface area contributed by atoms with Gasteiger partial charge in [-0.15, -0.1) is 0 Å². The molecular weight excluding hydrogens is 248 g/mol. The highest BCUT2D eigenvalue weighted by molar-refractivity contribution is 7.71. The van der Waals surface area contributed by atoms with Crippen molar-refractivity contribution >= 4 is 23.4 Å². The number of aromatic amines is 1. The predicted octanol–water partition coefficient (Wildman–Crippen LogP) is 2.48. The largest absolute Gasteiger partial charge is 0.378 e. The maximum Gasteiger partial charge on any atom is 0.179 e. The lowest BCUT2D eigenvalue weighted by Gasteiger charge is -2.35. The smallest absolute Gasteiger partial charge is 0.179 e. The number of hydrogen-bond acceptors (Lipinski definition) is 3. The molecule has 5 nitrogen and oxygen atoms in total. The van der Waals surface area contributed by atoms with Crippen LogP contribution in [0, 0.1) is 11.7 Å². The van der Waals surface area contributed by atoms with Crippen LogP contribution in [0.4, 0.5) is 0 Å². The Labute approximate surface area is 111 Å². The third kappa shape index (κ3) is 1.63. The Kier molecular flexibility index (Phi) is 2.79. The van der Waals surface area contributed by atoms with Gasteiger partial charge in [0.15, 0.2) is 10.4 Å². The van der Waals surface area contributed by atoms with E-state index in [9.17, 15) is 0 Å². The van der Waals surface area contributed by atoms with Gasteiger partial charge in [0.25, 0.3) is 0 Å². The summed E-state index contributed by atoms with van der Waals surface area (Å²) in [6, 6.07) is 0.442. The zero-order chi connectivity index (χ0) is 12.9. The van der Waals surface area contributed by atoms with Gasteiger partial charge < -0.3 is 9.72 Å². The maximum atomic E-state index is 5.61. The number of aromatic nitrogens is 4. The number of aryl methyl sites for hydroxylation is 2. The molecule has 2 aromatic rings. The molecule has 0 aliphatic heterocycles. The second kappa shape index (κ2) is 4.20. The van der Waals surface area contributed by atoms with Crippen LogP contribution >= 0.6 is 12.2 Å². The minimum absolute atomic E-state index is 0.390. The third-order valence-corrected chi connectivity index (χ3v) is 4.01. The third-order valence-electron chi connectivity index (χ3n) is 3.71. The Morgan fingerprint density at radius 1 is 1.50 bits per heavy atom. The van der Waals surface area contributed by atoms with E-state index in [2.05, 4.69) is 14.6 Å². The molecule has 0 bridgehead atoms. The number of rotatable bonds is 3. The predicted molar refractivity (Wildman–Crippen MR) is 72.3 cm³/mol. The van der Waals surface area contributed by atoms with Crippen LogP contribution in [0.5, 0.6) is 0 Å². The van der Waals surface area contributed by atoms with Crippen molar-refractivity contribution in [1.29, 1.82) is 0 Å². The summed E-state index contributed by atoms with van der Waals surface area (Å²) in [7, 11) is 1.97. The van der Waals surface area contributed by atoms with E-state index in [4.69, 9.17) is 17.0 Å². The first-order valence-electron chi connectivity index (χ1n) is 6.37. The molecule has 0 saturated heterocycles. The first-order valence-corrected chi connectivity index (χ1v) is 6.78. The Balaban J connectivity index is 1.98. The molecule has 18 heavy (non-hydrogen) atoms. The first kappa shape index (κ1) is 11.9. The van der Waals surface area contributed by atoms with E-state index in [-0.39, 0.29) is 0 Å². The zero-order valence-electron chi connectivity index (χ0n) is 10.9. The van der Waals surface area contributed by atoms with E-state index < -0.39 is 0 Å². The molecule has 1 fully saturated rings. The minimum atomic E-state index is 0.390. The maximum absolute atomic E-state index is 5.61. The Morgan fingerprint density at radius 3 is 2.89 bits per heavy atom. The molecule has 1 N–H and O–H groups in total. The average Bonchev–Trinajstić information content (AvgIpc) is 2.72. The van der Waals surface area contributed by atoms with E-state index in [0.717, 1.165) is 41.1 Å². The zero-order valence-corrected chi connectivity index (χ0v) is 11.8. The number of hydrogen-bond donors (Lipinski definition) is 1. The minimum Gasteiger partial charge on any atom is -0.378 e. The van der Waals surface area contributed by atoms with Crippen molar-refractivity contribution in [3.05, 3.63) is 10.5 Å². The van der Waals surface area contributed by atoms with Crippen LogP contribution in [0.3, 0.4) is 0 Å². The van der Waals surface area contributed by atoms with Crippen molar-refractivity contribution in [2.24, 2.45) is 7.05 Å². The number of nitrogens with one attached hydrogen (secondary N) is 1. The average molecular weight is 266 g/mol. The standard InChI is InChI=1S/C12H18N4OS/c1-4-17-9-5-8(6-9)16-11-10(13-12(16)18)7(2)14-15(11)3/h8-9H,4-6H2,1-3H3,(H,13,18). The van der Waals surface area contributed by atoms with Crippen molar-refractivity contribution < 1.29 is 4.74 Å². The Morgan fingerprint density at radius 2 is 2.22 bits per heavy atom. The topological polar surface area (TPSA) is 47.8 Å². The Bertz CT molecular complexity index is 632. The van der Waals surface area contributed by atoms with Crippen molar-refractivity contribution in [2.75, 3.05) is 6.61 Å². The van der Waals surface area contributed by atoms with Crippen LogP contribution in [0.2, 0.25) is 0 Å². The molecule has 0 radical (unpaired) electrons. The molecule has 0 spiro atoms. The molecule has 0 amide bonds. The quantitative estimate of drug-likeness (QED) is 0.868. The van der Waals surface area contributed by atoms with Crippen LogP contribution in [-0.2, 0) is 11.8 Å². The van der Waals surface area contributed by atoms with Gasteiger partial charge in [-0.1, -0.05) is 0 Å². The summed E-state index contributed by atoms with van der Waals surface area (Å²) in [5, 5.41) is 4.44. The van der Waals surface area contributed by atoms with Gasteiger partial charge in [-0.05, 0) is 38.9 Å². The number of imidazole rings is 1. The number of ether oxygens (including phenoxy) is 1. The Hall–Kier alpha value is -1.14. The molecule has 6 heteroatoms. The van der Waals surface area contributed by atoms with Gasteiger partial charge >= 0.3 is 0 Å². The van der Waals surface area contributed by atoms with Gasteiger partial charge in [0, 0.05) is 19.7 Å². The van der Waals surface area contributed by atoms with Gasteiger partial charge in [-0.2, -0.15) is 5.10 Å². The monoisotopic (exact) mass is 266 g/mol. The fourth-order valence-electron chi connectivity index (χ4n) is 2.79. The summed E-state index contributed by atoms with van der Waals surface area (Å²) in [6.07, 6.45) is 2.47. The van der Waals surface area contributed by atoms with Gasteiger partial charge in [-0.25, -0.2) is 0 Å². The summed E-state index contributed by atoms with van der Waals surface area (Å²) < 4.78 is 10.5. The molecule has 1 aliphatic carbocycles. The van der Waals surface area contributed by atoms with Crippen LogP contribution < -0.4 is 0 Å². The fraction of sp³-hybridized carbons (Fsp3) is 0.667. The van der Waals surface area contributed by atoms with Crippen LogP contribution in [0.25, 0.3) is 11.2 Å². The number of nitrogens with zero attached hydrogens (tertiary/aromatic N) is 3. The molecule has 2 heterocycles. The van der Waals surface area contributed by atoms with Crippen molar-refractivity contribution in [3.63, 3.8) is 0 Å². The molecule has 1 saturated carbocycles. The van der Waals surface area contributed by atoms with Crippen molar-refractivity contribution in [3.8, 4) is 0 Å². The molecule has 0 unspecified atom stereocenters. The lowest BCUT2D eigenvalue weighted by atomic mass is 9.89. The SMILES string of the molecule is CCOC1CC(n2c(=S)[nH]c3c(C)nn(C)c32)C1. The second-order valence-corrected chi connectivity index (χ2v) is 5.30. The summed E-state index contributed by atoms with van der Waals surface area (Å²) in [5.41, 5.74) is 3.15. The van der Waals surface area contributed by atoms with Gasteiger partial charge in [0.1, 0.15) is 5.52 Å². The molecule has 3 rings (SSSR count). The highest BCUT2D eigenvalue weighted by atomic mass is 32.1. The van der Waals surface area contributed by atoms with Crippen LogP contribution in [-0.4, -0.2) is 32.0 Å². The summed E-state index contributed by atoms with van der Waals surface area (Å²) in [6.45, 7) is 4.83. The van der Waals surface area contributed by atoms with Crippen molar-refractivity contribution in [2.45, 2.75) is 38.8 Å². The molecule has 0 atom stereocenters. The van der Waals surface area contributed by atoms with Gasteiger partial charge in [0.05, 0.1) is 11.8 Å². The molecule has 2 aromatic heterocycles. The fourth-order valence-corrected chi connectivity index (χ4v) is 3.13. The summed E-state index contributed by atoms with van der Waals surface area (Å²) in [4.78, 5) is 3.27. The second-order valence-electron chi connectivity index (χ2n) is 4.91. The van der Waals surface area contributed by atoms with E-state index in [1.165, 1.54) is 0 Å². The summed E-state index contributed by atoms with van der Waals surface area (Å²) in [5.74, 6) is 0. The molecule has 98 valence electrons. The molecular formula is C12H18N4OS. The normalized spacial score (nSPS) is 23.5. The van der Waals surface area contributed by atoms with E-state index >= 15 is 0 Å². The lowest BCUT2D eigenvalue weighted by Crippen LogP contribution is -2.33. The van der Waals surface area contributed by atoms with Gasteiger partial charge in [0.2, 0.25) is 0 Å². The highest BCUT2D eigenvalue weighted by Gasteiger charge is 2.33. The van der Waals surface area contributed by atoms with Crippen LogP contribution in [0.15, 0.2) is 0 Å². The molecule has 1 aliphatic rings. The number of fused-ring (bicyclic) bond motifs is 1. The lowest BCUT2D eigenvalue weighted by molar-refractivity contribution is -0.0192. The van der Waals surface area contributed by atoms with E-state index in [0.29, 0.717) is 12.1 Å². The summed E-state index contributed by atoms with van der Waals surface area (Å²) >= 11 is 5.43.